The van der Waals surface area contributed by atoms with Gasteiger partial charge in [-0.05, 0) is 43.3 Å². The van der Waals surface area contributed by atoms with E-state index in [-0.39, 0.29) is 0 Å². The molecule has 18 heavy (non-hydrogen) atoms. The Hall–Kier alpha value is -1.74. The van der Waals surface area contributed by atoms with E-state index in [1.807, 2.05) is 30.7 Å². The van der Waals surface area contributed by atoms with Gasteiger partial charge in [-0.3, -0.25) is 14.9 Å². The summed E-state index contributed by atoms with van der Waals surface area (Å²) >= 11 is 0. The van der Waals surface area contributed by atoms with Gasteiger partial charge < -0.3 is 0 Å². The van der Waals surface area contributed by atoms with E-state index in [2.05, 4.69) is 47.0 Å². The van der Waals surface area contributed by atoms with Crippen molar-refractivity contribution in [3.05, 3.63) is 60.2 Å². The van der Waals surface area contributed by atoms with Gasteiger partial charge in [0.15, 0.2) is 0 Å². The van der Waals surface area contributed by atoms with Gasteiger partial charge in [0, 0.05) is 31.2 Å². The average molecular weight is 241 g/mol. The van der Waals surface area contributed by atoms with Gasteiger partial charge in [0.05, 0.1) is 5.69 Å². The quantitative estimate of drug-likeness (QED) is 0.805. The van der Waals surface area contributed by atoms with Crippen molar-refractivity contribution in [2.75, 3.05) is 7.05 Å². The Kier molecular flexibility index (Phi) is 4.42. The van der Waals surface area contributed by atoms with Crippen molar-refractivity contribution in [2.24, 2.45) is 0 Å². The molecular weight excluding hydrogens is 222 g/mol. The molecule has 0 aliphatic carbocycles. The summed E-state index contributed by atoms with van der Waals surface area (Å²) in [5.41, 5.74) is 2.42. The van der Waals surface area contributed by atoms with Crippen LogP contribution in [0, 0.1) is 0 Å². The number of rotatable bonds is 5. The first-order valence-corrected chi connectivity index (χ1v) is 6.31. The van der Waals surface area contributed by atoms with Crippen LogP contribution in [0.4, 0.5) is 0 Å². The lowest BCUT2D eigenvalue weighted by molar-refractivity contribution is 0.227. The lowest BCUT2D eigenvalue weighted by atomic mass is 10.0. The standard InChI is InChI=1S/C15H19N3/c1-3-15(13-7-10-16-11-8-13)18(2)12-14-6-4-5-9-17-14/h4-11,15H,3,12H2,1-2H3. The van der Waals surface area contributed by atoms with Gasteiger partial charge >= 0.3 is 0 Å². The number of hydrogen-bond acceptors (Lipinski definition) is 3. The molecule has 0 fully saturated rings. The molecule has 0 amide bonds. The van der Waals surface area contributed by atoms with Crippen LogP contribution in [0.25, 0.3) is 0 Å². The molecular formula is C15H19N3. The molecule has 94 valence electrons. The van der Waals surface area contributed by atoms with E-state index in [0.29, 0.717) is 6.04 Å². The highest BCUT2D eigenvalue weighted by Crippen LogP contribution is 2.23. The molecule has 0 N–H and O–H groups in total. The molecule has 2 rings (SSSR count). The van der Waals surface area contributed by atoms with Crippen LogP contribution in [0.15, 0.2) is 48.9 Å². The number of pyridine rings is 2. The smallest absolute Gasteiger partial charge is 0.0544 e. The normalized spacial score (nSPS) is 12.6. The highest BCUT2D eigenvalue weighted by atomic mass is 15.1. The maximum absolute atomic E-state index is 4.38. The van der Waals surface area contributed by atoms with Crippen LogP contribution in [-0.4, -0.2) is 21.9 Å². The summed E-state index contributed by atoms with van der Waals surface area (Å²) in [6.45, 7) is 3.07. The van der Waals surface area contributed by atoms with Crippen molar-refractivity contribution < 1.29 is 0 Å². The number of hydrogen-bond donors (Lipinski definition) is 0. The topological polar surface area (TPSA) is 29.0 Å². The van der Waals surface area contributed by atoms with Gasteiger partial charge in [-0.2, -0.15) is 0 Å². The Bertz CT molecular complexity index is 456. The van der Waals surface area contributed by atoms with E-state index in [1.54, 1.807) is 0 Å². The Balaban J connectivity index is 2.09. The minimum atomic E-state index is 0.412. The predicted octanol–water partition coefficient (Wildman–Crippen LogP) is 3.06. The zero-order valence-corrected chi connectivity index (χ0v) is 11.0. The second kappa shape index (κ2) is 6.26. The van der Waals surface area contributed by atoms with Crippen molar-refractivity contribution in [1.82, 2.24) is 14.9 Å². The fourth-order valence-electron chi connectivity index (χ4n) is 2.24. The van der Waals surface area contributed by atoms with Gasteiger partial charge in [-0.1, -0.05) is 13.0 Å². The van der Waals surface area contributed by atoms with E-state index in [9.17, 15) is 0 Å². The van der Waals surface area contributed by atoms with Crippen molar-refractivity contribution in [3.8, 4) is 0 Å². The molecule has 0 spiro atoms. The van der Waals surface area contributed by atoms with Crippen LogP contribution in [0.5, 0.6) is 0 Å². The lowest BCUT2D eigenvalue weighted by Crippen LogP contribution is -2.24. The zero-order chi connectivity index (χ0) is 12.8. The van der Waals surface area contributed by atoms with Gasteiger partial charge in [0.1, 0.15) is 0 Å². The minimum Gasteiger partial charge on any atom is -0.294 e. The molecule has 3 nitrogen and oxygen atoms in total. The molecule has 1 unspecified atom stereocenters. The van der Waals surface area contributed by atoms with E-state index in [1.165, 1.54) is 5.56 Å². The third kappa shape index (κ3) is 3.14. The third-order valence-electron chi connectivity index (χ3n) is 3.15. The average Bonchev–Trinajstić information content (AvgIpc) is 2.42. The van der Waals surface area contributed by atoms with Crippen molar-refractivity contribution in [1.29, 1.82) is 0 Å². The first-order valence-electron chi connectivity index (χ1n) is 6.31. The largest absolute Gasteiger partial charge is 0.294 e. The van der Waals surface area contributed by atoms with Gasteiger partial charge in [0.2, 0.25) is 0 Å². The number of aromatic nitrogens is 2. The number of nitrogens with zero attached hydrogens (tertiary/aromatic N) is 3. The molecule has 0 radical (unpaired) electrons. The van der Waals surface area contributed by atoms with Crippen LogP contribution in [0.3, 0.4) is 0 Å². The Morgan fingerprint density at radius 2 is 1.89 bits per heavy atom. The first kappa shape index (κ1) is 12.7. The summed E-state index contributed by atoms with van der Waals surface area (Å²) < 4.78 is 0. The summed E-state index contributed by atoms with van der Waals surface area (Å²) in [5, 5.41) is 0. The fraction of sp³-hybridized carbons (Fsp3) is 0.333. The molecule has 0 saturated heterocycles. The predicted molar refractivity (Wildman–Crippen MR) is 73.0 cm³/mol. The van der Waals surface area contributed by atoms with Crippen molar-refractivity contribution in [3.63, 3.8) is 0 Å². The molecule has 0 aliphatic heterocycles. The molecule has 1 atom stereocenters. The maximum Gasteiger partial charge on any atom is 0.0544 e. The fourth-order valence-corrected chi connectivity index (χ4v) is 2.24. The SMILES string of the molecule is CCC(c1ccncc1)N(C)Cc1ccccn1. The van der Waals surface area contributed by atoms with E-state index in [4.69, 9.17) is 0 Å². The highest BCUT2D eigenvalue weighted by molar-refractivity contribution is 5.15. The van der Waals surface area contributed by atoms with E-state index < -0.39 is 0 Å². The Morgan fingerprint density at radius 3 is 2.50 bits per heavy atom. The van der Waals surface area contributed by atoms with Crippen LogP contribution >= 0.6 is 0 Å². The van der Waals surface area contributed by atoms with Crippen molar-refractivity contribution >= 4 is 0 Å². The molecule has 0 saturated carbocycles. The van der Waals surface area contributed by atoms with Gasteiger partial charge in [-0.15, -0.1) is 0 Å². The molecule has 2 aromatic heterocycles. The second-order valence-corrected chi connectivity index (χ2v) is 4.44. The highest BCUT2D eigenvalue weighted by Gasteiger charge is 2.15. The Morgan fingerprint density at radius 1 is 1.11 bits per heavy atom. The van der Waals surface area contributed by atoms with E-state index >= 15 is 0 Å². The lowest BCUT2D eigenvalue weighted by Gasteiger charge is -2.27. The molecule has 0 aliphatic rings. The van der Waals surface area contributed by atoms with Gasteiger partial charge in [-0.25, -0.2) is 0 Å². The summed E-state index contributed by atoms with van der Waals surface area (Å²) in [4.78, 5) is 10.8. The summed E-state index contributed by atoms with van der Waals surface area (Å²) in [6.07, 6.45) is 6.63. The molecule has 3 heteroatoms. The van der Waals surface area contributed by atoms with Gasteiger partial charge in [0.25, 0.3) is 0 Å². The summed E-state index contributed by atoms with van der Waals surface area (Å²) in [7, 11) is 2.14. The van der Waals surface area contributed by atoms with E-state index in [0.717, 1.165) is 18.7 Å². The molecule has 0 bridgehead atoms. The molecule has 2 heterocycles. The summed E-state index contributed by atoms with van der Waals surface area (Å²) in [5.74, 6) is 0. The van der Waals surface area contributed by atoms with Crippen LogP contribution in [-0.2, 0) is 6.54 Å². The monoisotopic (exact) mass is 241 g/mol. The van der Waals surface area contributed by atoms with Crippen LogP contribution in [0.1, 0.15) is 30.6 Å². The third-order valence-corrected chi connectivity index (χ3v) is 3.15. The molecule has 2 aromatic rings. The maximum atomic E-state index is 4.38. The van der Waals surface area contributed by atoms with Crippen LogP contribution in [0.2, 0.25) is 0 Å². The van der Waals surface area contributed by atoms with Crippen LogP contribution < -0.4 is 0 Å². The Labute approximate surface area is 109 Å². The minimum absolute atomic E-state index is 0.412. The van der Waals surface area contributed by atoms with Crippen molar-refractivity contribution in [2.45, 2.75) is 25.9 Å². The summed E-state index contributed by atoms with van der Waals surface area (Å²) in [6, 6.07) is 10.6. The second-order valence-electron chi connectivity index (χ2n) is 4.44. The zero-order valence-electron chi connectivity index (χ0n) is 11.0. The molecule has 0 aromatic carbocycles. The first-order chi connectivity index (χ1) is 8.81.